The molecule has 0 bridgehead atoms. The maximum absolute atomic E-state index is 14.7. The monoisotopic (exact) mass is 524 g/mol. The van der Waals surface area contributed by atoms with E-state index in [4.69, 9.17) is 11.6 Å². The summed E-state index contributed by atoms with van der Waals surface area (Å²) in [5, 5.41) is 3.26. The van der Waals surface area contributed by atoms with Crippen molar-refractivity contribution in [3.05, 3.63) is 106 Å². The molecule has 0 spiro atoms. The third-order valence-corrected chi connectivity index (χ3v) is 7.26. The second kappa shape index (κ2) is 12.8. The van der Waals surface area contributed by atoms with Crippen molar-refractivity contribution in [2.75, 3.05) is 0 Å². The topological polar surface area (TPSA) is 49.4 Å². The molecule has 0 heterocycles. The highest BCUT2D eigenvalue weighted by Crippen LogP contribution is 2.24. The van der Waals surface area contributed by atoms with Crippen LogP contribution in [0.1, 0.15) is 48.8 Å². The molecule has 7 heteroatoms. The van der Waals surface area contributed by atoms with Gasteiger partial charge in [0.25, 0.3) is 0 Å². The van der Waals surface area contributed by atoms with Crippen LogP contribution in [-0.2, 0) is 29.0 Å². The molecule has 1 aliphatic rings. The van der Waals surface area contributed by atoms with Gasteiger partial charge in [0, 0.05) is 35.2 Å². The average molecular weight is 525 g/mol. The summed E-state index contributed by atoms with van der Waals surface area (Å²) in [6.45, 7) is -0.132. The summed E-state index contributed by atoms with van der Waals surface area (Å²) < 4.78 is 29.3. The summed E-state index contributed by atoms with van der Waals surface area (Å²) in [6, 6.07) is 18.9. The normalized spacial score (nSPS) is 14.7. The summed E-state index contributed by atoms with van der Waals surface area (Å²) in [5.74, 6) is -1.87. The molecule has 37 heavy (non-hydrogen) atoms. The largest absolute Gasteiger partial charge is 0.352 e. The van der Waals surface area contributed by atoms with Gasteiger partial charge in [0.1, 0.15) is 17.7 Å². The molecule has 0 unspecified atom stereocenters. The number of benzene rings is 3. The van der Waals surface area contributed by atoms with Crippen molar-refractivity contribution in [2.45, 2.75) is 63.6 Å². The number of carbonyl (C=O) groups is 2. The van der Waals surface area contributed by atoms with Crippen LogP contribution in [0.15, 0.2) is 72.8 Å². The van der Waals surface area contributed by atoms with Crippen molar-refractivity contribution in [1.82, 2.24) is 10.2 Å². The third kappa shape index (κ3) is 7.16. The van der Waals surface area contributed by atoms with Crippen LogP contribution in [0.25, 0.3) is 0 Å². The number of hydrogen-bond donors (Lipinski definition) is 1. The zero-order valence-corrected chi connectivity index (χ0v) is 21.4. The fraction of sp³-hybridized carbons (Fsp3) is 0.333. The molecule has 0 aliphatic heterocycles. The van der Waals surface area contributed by atoms with E-state index in [-0.39, 0.29) is 47.5 Å². The maximum Gasteiger partial charge on any atom is 0.243 e. The lowest BCUT2D eigenvalue weighted by atomic mass is 9.94. The van der Waals surface area contributed by atoms with Gasteiger partial charge in [-0.1, -0.05) is 85.5 Å². The zero-order valence-electron chi connectivity index (χ0n) is 20.6. The number of hydrogen-bond acceptors (Lipinski definition) is 2. The van der Waals surface area contributed by atoms with Gasteiger partial charge in [0.2, 0.25) is 11.8 Å². The number of rotatable bonds is 9. The second-order valence-electron chi connectivity index (χ2n) is 9.54. The molecule has 4 rings (SSSR count). The number of halogens is 3. The Hall–Kier alpha value is -3.25. The van der Waals surface area contributed by atoms with E-state index in [0.29, 0.717) is 0 Å². The van der Waals surface area contributed by atoms with Crippen LogP contribution in [0.5, 0.6) is 0 Å². The van der Waals surface area contributed by atoms with Crippen LogP contribution in [0.3, 0.4) is 0 Å². The van der Waals surface area contributed by atoms with E-state index in [9.17, 15) is 18.4 Å². The van der Waals surface area contributed by atoms with Gasteiger partial charge in [0.15, 0.2) is 0 Å². The average Bonchev–Trinajstić information content (AvgIpc) is 2.90. The maximum atomic E-state index is 14.7. The standard InChI is InChI=1S/C30H31ClF2N2O2/c31-25-15-9-17-27(33)24(25)19-29(36)35(20-22-12-7-8-16-26(22)32)28(18-21-10-3-1-4-11-21)30(37)34-23-13-5-2-6-14-23/h1,3-4,7-12,15-17,23,28H,2,5-6,13-14,18-20H2,(H,34,37)/t28-/m1/s1. The highest BCUT2D eigenvalue weighted by Gasteiger charge is 2.33. The first-order valence-electron chi connectivity index (χ1n) is 12.7. The molecule has 3 aromatic carbocycles. The van der Waals surface area contributed by atoms with Gasteiger partial charge in [-0.25, -0.2) is 8.78 Å². The quantitative estimate of drug-likeness (QED) is 0.360. The number of amides is 2. The van der Waals surface area contributed by atoms with Gasteiger partial charge in [-0.05, 0) is 36.6 Å². The minimum atomic E-state index is -0.915. The fourth-order valence-electron chi connectivity index (χ4n) is 4.86. The summed E-state index contributed by atoms with van der Waals surface area (Å²) >= 11 is 6.21. The predicted molar refractivity (Wildman–Crippen MR) is 141 cm³/mol. The molecule has 194 valence electrons. The Morgan fingerprint density at radius 2 is 1.57 bits per heavy atom. The van der Waals surface area contributed by atoms with Crippen molar-refractivity contribution in [3.8, 4) is 0 Å². The summed E-state index contributed by atoms with van der Waals surface area (Å²) in [4.78, 5) is 28.9. The molecule has 1 aliphatic carbocycles. The summed E-state index contributed by atoms with van der Waals surface area (Å²) in [6.07, 6.45) is 4.88. The molecule has 1 saturated carbocycles. The first-order valence-corrected chi connectivity index (χ1v) is 13.1. The van der Waals surface area contributed by atoms with Gasteiger partial charge < -0.3 is 10.2 Å². The highest BCUT2D eigenvalue weighted by atomic mass is 35.5. The Balaban J connectivity index is 1.69. The Kier molecular flexibility index (Phi) is 9.29. The molecule has 0 aromatic heterocycles. The van der Waals surface area contributed by atoms with E-state index >= 15 is 0 Å². The van der Waals surface area contributed by atoms with Crippen molar-refractivity contribution in [1.29, 1.82) is 0 Å². The van der Waals surface area contributed by atoms with Crippen LogP contribution in [0.2, 0.25) is 5.02 Å². The van der Waals surface area contributed by atoms with Crippen molar-refractivity contribution >= 4 is 23.4 Å². The van der Waals surface area contributed by atoms with E-state index in [1.807, 2.05) is 30.3 Å². The van der Waals surface area contributed by atoms with Gasteiger partial charge in [-0.2, -0.15) is 0 Å². The lowest BCUT2D eigenvalue weighted by molar-refractivity contribution is -0.141. The van der Waals surface area contributed by atoms with E-state index < -0.39 is 23.6 Å². The second-order valence-corrected chi connectivity index (χ2v) is 9.95. The Bertz CT molecular complexity index is 1190. The first kappa shape index (κ1) is 26.8. The van der Waals surface area contributed by atoms with Gasteiger partial charge >= 0.3 is 0 Å². The smallest absolute Gasteiger partial charge is 0.243 e. The summed E-state index contributed by atoms with van der Waals surface area (Å²) in [7, 11) is 0. The number of carbonyl (C=O) groups excluding carboxylic acids is 2. The van der Waals surface area contributed by atoms with Gasteiger partial charge in [-0.15, -0.1) is 0 Å². The first-order chi connectivity index (χ1) is 17.9. The van der Waals surface area contributed by atoms with E-state index in [1.165, 1.54) is 29.2 Å². The van der Waals surface area contributed by atoms with Crippen LogP contribution in [0.4, 0.5) is 8.78 Å². The van der Waals surface area contributed by atoms with Gasteiger partial charge in [0.05, 0.1) is 6.42 Å². The fourth-order valence-corrected chi connectivity index (χ4v) is 5.09. The Morgan fingerprint density at radius 1 is 0.892 bits per heavy atom. The highest BCUT2D eigenvalue weighted by molar-refractivity contribution is 6.31. The third-order valence-electron chi connectivity index (χ3n) is 6.91. The zero-order chi connectivity index (χ0) is 26.2. The molecular formula is C30H31ClF2N2O2. The number of nitrogens with one attached hydrogen (secondary N) is 1. The Labute approximate surface area is 221 Å². The molecule has 1 N–H and O–H groups in total. The molecule has 1 atom stereocenters. The molecule has 1 fully saturated rings. The lowest BCUT2D eigenvalue weighted by Crippen LogP contribution is -2.53. The minimum absolute atomic E-state index is 0.0333. The van der Waals surface area contributed by atoms with E-state index in [1.54, 1.807) is 18.2 Å². The molecule has 0 saturated heterocycles. The van der Waals surface area contributed by atoms with Gasteiger partial charge in [-0.3, -0.25) is 9.59 Å². The van der Waals surface area contributed by atoms with Crippen LogP contribution in [0, 0.1) is 11.6 Å². The molecular weight excluding hydrogens is 494 g/mol. The molecule has 4 nitrogen and oxygen atoms in total. The molecule has 0 radical (unpaired) electrons. The SMILES string of the molecule is O=C(NC1CCCCC1)[C@@H](Cc1ccccc1)N(Cc1ccccc1F)C(=O)Cc1c(F)cccc1Cl. The predicted octanol–water partition coefficient (Wildman–Crippen LogP) is 6.25. The number of nitrogens with zero attached hydrogens (tertiary/aromatic N) is 1. The van der Waals surface area contributed by atoms with Crippen molar-refractivity contribution < 1.29 is 18.4 Å². The summed E-state index contributed by atoms with van der Waals surface area (Å²) in [5.41, 5.74) is 1.19. The van der Waals surface area contributed by atoms with Crippen LogP contribution >= 0.6 is 11.6 Å². The van der Waals surface area contributed by atoms with Crippen LogP contribution in [-0.4, -0.2) is 28.8 Å². The van der Waals surface area contributed by atoms with Crippen molar-refractivity contribution in [2.24, 2.45) is 0 Å². The van der Waals surface area contributed by atoms with Crippen LogP contribution < -0.4 is 5.32 Å². The van der Waals surface area contributed by atoms with E-state index in [2.05, 4.69) is 5.32 Å². The van der Waals surface area contributed by atoms with E-state index in [0.717, 1.165) is 37.7 Å². The van der Waals surface area contributed by atoms with Crippen molar-refractivity contribution in [3.63, 3.8) is 0 Å². The molecule has 2 amide bonds. The lowest BCUT2D eigenvalue weighted by Gasteiger charge is -2.33. The molecule has 3 aromatic rings. The minimum Gasteiger partial charge on any atom is -0.352 e. The Morgan fingerprint density at radius 3 is 2.27 bits per heavy atom.